The highest BCUT2D eigenvalue weighted by molar-refractivity contribution is 4.73. The van der Waals surface area contributed by atoms with Crippen molar-refractivity contribution in [3.63, 3.8) is 0 Å². The summed E-state index contributed by atoms with van der Waals surface area (Å²) in [6, 6.07) is 0. The molecule has 0 spiro atoms. The van der Waals surface area contributed by atoms with E-state index in [2.05, 4.69) is 0 Å². The Morgan fingerprint density at radius 2 is 1.60 bits per heavy atom. The summed E-state index contributed by atoms with van der Waals surface area (Å²) in [5.41, 5.74) is 0. The minimum Gasteiger partial charge on any atom is -0.329 e. The van der Waals surface area contributed by atoms with Crippen molar-refractivity contribution in [2.75, 3.05) is 20.4 Å². The summed E-state index contributed by atoms with van der Waals surface area (Å²) in [6.45, 7) is 5.86. The second kappa shape index (κ2) is 3.97. The van der Waals surface area contributed by atoms with Crippen LogP contribution in [0.3, 0.4) is 0 Å². The van der Waals surface area contributed by atoms with Crippen molar-refractivity contribution < 1.29 is 28.4 Å². The lowest BCUT2D eigenvalue weighted by Crippen LogP contribution is -2.56. The maximum Gasteiger partial charge on any atom is 0.221 e. The molecule has 2 saturated heterocycles. The summed E-state index contributed by atoms with van der Waals surface area (Å²) in [6.07, 6.45) is -0.620. The molecule has 0 aliphatic carbocycles. The summed E-state index contributed by atoms with van der Waals surface area (Å²) >= 11 is 0. The fourth-order valence-corrected chi connectivity index (χ4v) is 1.35. The topological polar surface area (TPSA) is 55.4 Å². The highest BCUT2D eigenvalue weighted by Crippen LogP contribution is 2.31. The standard InChI is InChI=1S/C9H16O6/c1-8(2)12-6-11-7(15-8)9(3)13-4-10-5-14-9/h7H,4-6H2,1-3H3. The van der Waals surface area contributed by atoms with E-state index in [1.54, 1.807) is 6.92 Å². The van der Waals surface area contributed by atoms with Gasteiger partial charge >= 0.3 is 0 Å². The van der Waals surface area contributed by atoms with Crippen LogP contribution in [0.2, 0.25) is 0 Å². The van der Waals surface area contributed by atoms with Crippen LogP contribution in [0, 0.1) is 0 Å². The molecule has 1 atom stereocenters. The third-order valence-corrected chi connectivity index (χ3v) is 2.30. The molecule has 0 bridgehead atoms. The van der Waals surface area contributed by atoms with Gasteiger partial charge in [-0.15, -0.1) is 0 Å². The van der Waals surface area contributed by atoms with Crippen molar-refractivity contribution in [3.05, 3.63) is 0 Å². The normalized spacial score (nSPS) is 35.0. The van der Waals surface area contributed by atoms with Gasteiger partial charge in [-0.3, -0.25) is 0 Å². The SMILES string of the molecule is CC1(C)OCOC(C2(C)OCOCO2)O1. The molecular formula is C9H16O6. The molecule has 6 nitrogen and oxygen atoms in total. The number of rotatable bonds is 1. The Morgan fingerprint density at radius 3 is 2.20 bits per heavy atom. The molecular weight excluding hydrogens is 204 g/mol. The molecule has 2 fully saturated rings. The van der Waals surface area contributed by atoms with Crippen molar-refractivity contribution in [1.29, 1.82) is 0 Å². The lowest BCUT2D eigenvalue weighted by Gasteiger charge is -2.44. The zero-order valence-corrected chi connectivity index (χ0v) is 9.15. The number of ether oxygens (including phenoxy) is 6. The fraction of sp³-hybridized carbons (Fsp3) is 1.00. The molecule has 0 radical (unpaired) electrons. The Labute approximate surface area is 88.3 Å². The van der Waals surface area contributed by atoms with E-state index in [-0.39, 0.29) is 20.4 Å². The molecule has 15 heavy (non-hydrogen) atoms. The van der Waals surface area contributed by atoms with Gasteiger partial charge < -0.3 is 28.4 Å². The first kappa shape index (κ1) is 11.3. The van der Waals surface area contributed by atoms with Crippen molar-refractivity contribution in [1.82, 2.24) is 0 Å². The van der Waals surface area contributed by atoms with Crippen molar-refractivity contribution in [2.24, 2.45) is 0 Å². The van der Waals surface area contributed by atoms with E-state index >= 15 is 0 Å². The number of hydrogen-bond donors (Lipinski definition) is 0. The average molecular weight is 220 g/mol. The summed E-state index contributed by atoms with van der Waals surface area (Å²) in [7, 11) is 0. The predicted molar refractivity (Wildman–Crippen MR) is 47.4 cm³/mol. The molecule has 1 unspecified atom stereocenters. The van der Waals surface area contributed by atoms with Crippen LogP contribution in [0.4, 0.5) is 0 Å². The Hall–Kier alpha value is -0.240. The Kier molecular flexibility index (Phi) is 2.98. The van der Waals surface area contributed by atoms with Gasteiger partial charge in [0.05, 0.1) is 0 Å². The van der Waals surface area contributed by atoms with Crippen LogP contribution in [-0.4, -0.2) is 38.2 Å². The van der Waals surface area contributed by atoms with Gasteiger partial charge in [0, 0.05) is 0 Å². The molecule has 0 aromatic carbocycles. The second-order valence-electron chi connectivity index (χ2n) is 4.02. The first-order chi connectivity index (χ1) is 7.02. The highest BCUT2D eigenvalue weighted by Gasteiger charge is 2.46. The third-order valence-electron chi connectivity index (χ3n) is 2.30. The van der Waals surface area contributed by atoms with Gasteiger partial charge in [-0.2, -0.15) is 0 Å². The summed E-state index contributed by atoms with van der Waals surface area (Å²) < 4.78 is 31.7. The van der Waals surface area contributed by atoms with E-state index in [4.69, 9.17) is 28.4 Å². The highest BCUT2D eigenvalue weighted by atomic mass is 16.9. The van der Waals surface area contributed by atoms with Gasteiger partial charge in [-0.25, -0.2) is 0 Å². The quantitative estimate of drug-likeness (QED) is 0.650. The van der Waals surface area contributed by atoms with Gasteiger partial charge in [0.25, 0.3) is 0 Å². The average Bonchev–Trinajstić information content (AvgIpc) is 2.17. The van der Waals surface area contributed by atoms with Crippen LogP contribution in [-0.2, 0) is 28.4 Å². The summed E-state index contributed by atoms with van der Waals surface area (Å²) in [5, 5.41) is 0. The van der Waals surface area contributed by atoms with Crippen molar-refractivity contribution in [2.45, 2.75) is 38.6 Å². The lowest BCUT2D eigenvalue weighted by atomic mass is 10.2. The summed E-state index contributed by atoms with van der Waals surface area (Å²) in [4.78, 5) is 0. The van der Waals surface area contributed by atoms with Gasteiger partial charge in [0.2, 0.25) is 12.1 Å². The van der Waals surface area contributed by atoms with Crippen molar-refractivity contribution in [3.8, 4) is 0 Å². The molecule has 6 heteroatoms. The zero-order valence-electron chi connectivity index (χ0n) is 9.15. The molecule has 2 heterocycles. The van der Waals surface area contributed by atoms with Gasteiger partial charge in [-0.1, -0.05) is 0 Å². The zero-order chi connectivity index (χ0) is 10.9. The van der Waals surface area contributed by atoms with Crippen LogP contribution in [0.5, 0.6) is 0 Å². The monoisotopic (exact) mass is 220 g/mol. The van der Waals surface area contributed by atoms with Crippen LogP contribution < -0.4 is 0 Å². The van der Waals surface area contributed by atoms with Crippen LogP contribution in [0.1, 0.15) is 20.8 Å². The summed E-state index contributed by atoms with van der Waals surface area (Å²) in [5.74, 6) is -1.64. The van der Waals surface area contributed by atoms with E-state index < -0.39 is 17.9 Å². The first-order valence-electron chi connectivity index (χ1n) is 4.81. The fourth-order valence-electron chi connectivity index (χ4n) is 1.35. The van der Waals surface area contributed by atoms with E-state index in [9.17, 15) is 0 Å². The van der Waals surface area contributed by atoms with Crippen LogP contribution in [0.15, 0.2) is 0 Å². The third kappa shape index (κ3) is 2.47. The van der Waals surface area contributed by atoms with E-state index in [0.717, 1.165) is 0 Å². The van der Waals surface area contributed by atoms with E-state index in [1.807, 2.05) is 13.8 Å². The minimum absolute atomic E-state index is 0.154. The van der Waals surface area contributed by atoms with Gasteiger partial charge in [-0.05, 0) is 20.8 Å². The maximum atomic E-state index is 5.57. The maximum absolute atomic E-state index is 5.57. The molecule has 2 aliphatic heterocycles. The molecule has 0 saturated carbocycles. The molecule has 2 aliphatic rings. The van der Waals surface area contributed by atoms with E-state index in [1.165, 1.54) is 0 Å². The molecule has 88 valence electrons. The lowest BCUT2D eigenvalue weighted by molar-refractivity contribution is -0.477. The Bertz CT molecular complexity index is 223. The predicted octanol–water partition coefficient (Wildman–Crippen LogP) is 0.764. The molecule has 0 aromatic rings. The molecule has 0 amide bonds. The Balaban J connectivity index is 2.02. The first-order valence-corrected chi connectivity index (χ1v) is 4.81. The van der Waals surface area contributed by atoms with E-state index in [0.29, 0.717) is 0 Å². The minimum atomic E-state index is -0.945. The van der Waals surface area contributed by atoms with Crippen LogP contribution in [0.25, 0.3) is 0 Å². The Morgan fingerprint density at radius 1 is 0.933 bits per heavy atom. The molecule has 0 aromatic heterocycles. The van der Waals surface area contributed by atoms with Crippen molar-refractivity contribution >= 4 is 0 Å². The van der Waals surface area contributed by atoms with Gasteiger partial charge in [0.1, 0.15) is 0 Å². The molecule has 2 rings (SSSR count). The smallest absolute Gasteiger partial charge is 0.221 e. The molecule has 0 N–H and O–H groups in total. The van der Waals surface area contributed by atoms with Gasteiger partial charge in [0.15, 0.2) is 26.2 Å². The van der Waals surface area contributed by atoms with Crippen LogP contribution >= 0.6 is 0 Å². The number of hydrogen-bond acceptors (Lipinski definition) is 6. The largest absolute Gasteiger partial charge is 0.329 e. The second-order valence-corrected chi connectivity index (χ2v) is 4.02.